The molecule has 0 atom stereocenters. The van der Waals surface area contributed by atoms with Gasteiger partial charge < -0.3 is 9.45 Å². The van der Waals surface area contributed by atoms with Crippen LogP contribution in [-0.4, -0.2) is 44.0 Å². The number of fused-ring (bicyclic) bond motifs is 6. The van der Waals surface area contributed by atoms with Gasteiger partial charge in [-0.15, -0.1) is 11.3 Å². The Morgan fingerprint density at radius 2 is 1.77 bits per heavy atom. The largest absolute Gasteiger partial charge is 0.748 e. The maximum Gasteiger partial charge on any atom is 0.265 e. The van der Waals surface area contributed by atoms with Crippen LogP contribution in [0.25, 0.3) is 37.2 Å². The molecule has 1 aliphatic rings. The average Bonchev–Trinajstić information content (AvgIpc) is 3.67. The molecule has 0 fully saturated rings. The van der Waals surface area contributed by atoms with Gasteiger partial charge in [0.05, 0.1) is 32.0 Å². The molecule has 1 N–H and O–H groups in total. The zero-order valence-corrected chi connectivity index (χ0v) is 27.9. The number of hydrogen-bond acceptors (Lipinski definition) is 9. The quantitative estimate of drug-likeness (QED) is 0.116. The van der Waals surface area contributed by atoms with E-state index in [1.807, 2.05) is 23.6 Å². The van der Waals surface area contributed by atoms with E-state index in [2.05, 4.69) is 64.9 Å². The van der Waals surface area contributed by atoms with Crippen molar-refractivity contribution >= 4 is 97.5 Å². The van der Waals surface area contributed by atoms with Crippen molar-refractivity contribution in [1.29, 1.82) is 0 Å². The zero-order chi connectivity index (χ0) is 31.1. The Morgan fingerprint density at radius 3 is 2.55 bits per heavy atom. The number of thiazole rings is 1. The minimum Gasteiger partial charge on any atom is -0.748 e. The van der Waals surface area contributed by atoms with Crippen LogP contribution in [0, 0.1) is 0 Å². The van der Waals surface area contributed by atoms with Crippen LogP contribution < -0.4 is 9.47 Å². The van der Waals surface area contributed by atoms with Crippen molar-refractivity contribution in [3.05, 3.63) is 81.7 Å². The molecule has 5 aromatic rings. The third-order valence-electron chi connectivity index (χ3n) is 7.52. The van der Waals surface area contributed by atoms with Gasteiger partial charge in [0.15, 0.2) is 6.54 Å². The molecule has 8 nitrogen and oxygen atoms in total. The molecule has 230 valence electrons. The fraction of sp³-hybridized carbons (Fsp3) is 0.258. The maximum atomic E-state index is 11.5. The van der Waals surface area contributed by atoms with Crippen molar-refractivity contribution in [3.63, 3.8) is 0 Å². The molecule has 3 heterocycles. The van der Waals surface area contributed by atoms with E-state index in [1.165, 1.54) is 0 Å². The molecule has 0 bridgehead atoms. The number of hydrogen-bond donors (Lipinski definition) is 1. The predicted molar refractivity (Wildman–Crippen MR) is 181 cm³/mol. The van der Waals surface area contributed by atoms with E-state index < -0.39 is 26.0 Å². The molecule has 2 aromatic heterocycles. The molecule has 0 aliphatic carbocycles. The topological polar surface area (TPSA) is 119 Å². The molecule has 13 heteroatoms. The molecule has 0 spiro atoms. The number of aromatic nitrogens is 1. The molecule has 6 rings (SSSR count). The number of allylic oxidation sites excluding steroid dienone is 2. The predicted octanol–water partition coefficient (Wildman–Crippen LogP) is 7.02. The highest BCUT2D eigenvalue weighted by atomic mass is 32.2. The molecular weight excluding hydrogens is 657 g/mol. The highest BCUT2D eigenvalue weighted by molar-refractivity contribution is 8.03. The number of benzene rings is 3. The fourth-order valence-corrected chi connectivity index (χ4v) is 9.68. The number of anilines is 1. The van der Waals surface area contributed by atoms with Crippen molar-refractivity contribution in [1.82, 2.24) is 0 Å². The maximum absolute atomic E-state index is 11.5. The number of nitrogens with zero attached hydrogens (tertiary/aromatic N) is 2. The van der Waals surface area contributed by atoms with Gasteiger partial charge in [-0.3, -0.25) is 4.55 Å². The summed E-state index contributed by atoms with van der Waals surface area (Å²) in [6.07, 6.45) is 5.45. The molecule has 0 radical (unpaired) electrons. The van der Waals surface area contributed by atoms with Crippen LogP contribution >= 0.6 is 34.4 Å². The summed E-state index contributed by atoms with van der Waals surface area (Å²) in [7, 11) is -8.42. The second kappa shape index (κ2) is 12.5. The molecule has 3 aromatic carbocycles. The average molecular weight is 687 g/mol. The van der Waals surface area contributed by atoms with Gasteiger partial charge in [-0.25, -0.2) is 8.42 Å². The fourth-order valence-electron chi connectivity index (χ4n) is 5.55. The van der Waals surface area contributed by atoms with Crippen LogP contribution in [-0.2, 0) is 26.8 Å². The Hall–Kier alpha value is -2.78. The van der Waals surface area contributed by atoms with E-state index >= 15 is 0 Å². The SMILES string of the molecule is CCC(=Cc1sc2ccc3sccc3c2[n+]1CCCS(=O)(=O)O)C=C1Sc2ccc3ccccc3c2N1CCCS(=O)(=O)[O-]. The van der Waals surface area contributed by atoms with Crippen molar-refractivity contribution in [3.8, 4) is 0 Å². The van der Waals surface area contributed by atoms with Gasteiger partial charge in [0.2, 0.25) is 5.52 Å². The standard InChI is InChI=1S/C31H30N2O6S5/c1-2-21(20-29-33(15-6-18-44(37,38)39)31-24-13-16-40-25(24)11-12-27(31)42-29)19-28-32(14-5-17-43(34,35)36)30-23-8-4-3-7-22(23)9-10-26(30)41-28/h3-4,7-13,16,19-20H,2,5-6,14-15,17-18H2,1H3,(H-,34,35,36,37,38,39). The molecular formula is C31H30N2O6S5. The van der Waals surface area contributed by atoms with Gasteiger partial charge in [-0.2, -0.15) is 13.0 Å². The van der Waals surface area contributed by atoms with Gasteiger partial charge in [0, 0.05) is 39.8 Å². The van der Waals surface area contributed by atoms with E-state index in [4.69, 9.17) is 0 Å². The first-order chi connectivity index (χ1) is 21.0. The van der Waals surface area contributed by atoms with E-state index in [1.54, 1.807) is 34.4 Å². The van der Waals surface area contributed by atoms with Gasteiger partial charge in [0.1, 0.15) is 4.70 Å². The molecule has 1 aliphatic heterocycles. The Bertz CT molecular complexity index is 2160. The molecule has 0 saturated carbocycles. The Balaban J connectivity index is 1.43. The zero-order valence-electron chi connectivity index (χ0n) is 23.8. The number of aryl methyl sites for hydroxylation is 1. The summed E-state index contributed by atoms with van der Waals surface area (Å²) < 4.78 is 71.0. The van der Waals surface area contributed by atoms with E-state index in [0.717, 1.165) is 63.7 Å². The lowest BCUT2D eigenvalue weighted by molar-refractivity contribution is -0.667. The minimum atomic E-state index is -4.34. The summed E-state index contributed by atoms with van der Waals surface area (Å²) >= 11 is 4.91. The van der Waals surface area contributed by atoms with E-state index in [9.17, 15) is 25.9 Å². The van der Waals surface area contributed by atoms with Crippen molar-refractivity contribution < 1.29 is 30.5 Å². The Labute approximate surface area is 268 Å². The number of rotatable bonds is 11. The molecule has 0 unspecified atom stereocenters. The molecule has 0 saturated heterocycles. The van der Waals surface area contributed by atoms with E-state index in [0.29, 0.717) is 13.1 Å². The lowest BCUT2D eigenvalue weighted by Gasteiger charge is -2.22. The van der Waals surface area contributed by atoms with Crippen LogP contribution in [0.15, 0.2) is 81.6 Å². The second-order valence-corrected chi connectivity index (χ2v) is 16.7. The van der Waals surface area contributed by atoms with Crippen molar-refractivity contribution in [2.24, 2.45) is 0 Å². The van der Waals surface area contributed by atoms with Gasteiger partial charge in [-0.05, 0) is 59.5 Å². The monoisotopic (exact) mass is 686 g/mol. The molecule has 0 amide bonds. The van der Waals surface area contributed by atoms with Gasteiger partial charge >= 0.3 is 0 Å². The highest BCUT2D eigenvalue weighted by Gasteiger charge is 2.28. The number of thioether (sulfide) groups is 1. The van der Waals surface area contributed by atoms with Gasteiger partial charge in [0.25, 0.3) is 15.1 Å². The van der Waals surface area contributed by atoms with Crippen LogP contribution in [0.4, 0.5) is 5.69 Å². The summed E-state index contributed by atoms with van der Waals surface area (Å²) in [6, 6.07) is 18.5. The van der Waals surface area contributed by atoms with Crippen molar-refractivity contribution in [2.75, 3.05) is 23.0 Å². The van der Waals surface area contributed by atoms with Gasteiger partial charge in [-0.1, -0.05) is 60.4 Å². The van der Waals surface area contributed by atoms with Crippen LogP contribution in [0.1, 0.15) is 31.2 Å². The molecule has 44 heavy (non-hydrogen) atoms. The van der Waals surface area contributed by atoms with Crippen molar-refractivity contribution in [2.45, 2.75) is 37.6 Å². The first kappa shape index (κ1) is 31.2. The smallest absolute Gasteiger partial charge is 0.265 e. The summed E-state index contributed by atoms with van der Waals surface area (Å²) in [4.78, 5) is 3.19. The summed E-state index contributed by atoms with van der Waals surface area (Å²) in [6.45, 7) is 2.88. The summed E-state index contributed by atoms with van der Waals surface area (Å²) in [5, 5.41) is 7.22. The summed E-state index contributed by atoms with van der Waals surface area (Å²) in [5.74, 6) is -0.748. The first-order valence-electron chi connectivity index (χ1n) is 14.1. The van der Waals surface area contributed by atoms with E-state index in [-0.39, 0.29) is 18.6 Å². The second-order valence-electron chi connectivity index (χ2n) is 10.5. The lowest BCUT2D eigenvalue weighted by atomic mass is 10.1. The first-order valence-corrected chi connectivity index (χ1v) is 19.8. The van der Waals surface area contributed by atoms with Crippen LogP contribution in [0.5, 0.6) is 0 Å². The normalized spacial score (nSPS) is 15.3. The lowest BCUT2D eigenvalue weighted by Crippen LogP contribution is -2.36. The van der Waals surface area contributed by atoms with Crippen LogP contribution in [0.2, 0.25) is 0 Å². The third kappa shape index (κ3) is 6.74. The summed E-state index contributed by atoms with van der Waals surface area (Å²) in [5.41, 5.74) is 3.11. The minimum absolute atomic E-state index is 0.207. The Morgan fingerprint density at radius 1 is 0.977 bits per heavy atom. The van der Waals surface area contributed by atoms with Crippen LogP contribution in [0.3, 0.4) is 0 Å². The Kier molecular flexibility index (Phi) is 8.90. The number of thiophene rings is 1. The highest BCUT2D eigenvalue weighted by Crippen LogP contribution is 2.50. The third-order valence-corrected chi connectivity index (χ3v) is 12.2.